The van der Waals surface area contributed by atoms with Crippen molar-refractivity contribution in [2.24, 2.45) is 0 Å². The zero-order valence-corrected chi connectivity index (χ0v) is 24.2. The fourth-order valence-corrected chi connectivity index (χ4v) is 5.14. The first-order valence-corrected chi connectivity index (χ1v) is 14.3. The van der Waals surface area contributed by atoms with E-state index in [-0.39, 0.29) is 29.3 Å². The SMILES string of the molecule is CCCCc1nc(C)c(Cc2nc(-c3ccccc3F)no2)c(=O)n1Cc1ccc(-c2ccccc2-c2noc(=O)[nH]2)cc1. The first-order chi connectivity index (χ1) is 21.4. The van der Waals surface area contributed by atoms with E-state index in [1.807, 2.05) is 48.5 Å². The number of aromatic amines is 1. The van der Waals surface area contributed by atoms with Gasteiger partial charge in [0.25, 0.3) is 5.56 Å². The standard InChI is InChI=1S/C33H29FN6O4/c1-3-4-13-28-35-20(2)26(18-29-36-31(38-43-29)25-11-7-8-12-27(25)34)32(41)40(28)19-21-14-16-22(17-15-21)23-9-5-6-10-24(23)30-37-33(42)44-39-30/h5-12,14-17H,3-4,13,18-19H2,1-2H3,(H,37,39,42). The second-order valence-electron chi connectivity index (χ2n) is 10.4. The Morgan fingerprint density at radius 1 is 0.864 bits per heavy atom. The molecule has 6 rings (SSSR count). The molecule has 0 saturated heterocycles. The highest BCUT2D eigenvalue weighted by Crippen LogP contribution is 2.30. The maximum Gasteiger partial charge on any atom is 0.439 e. The van der Waals surface area contributed by atoms with Gasteiger partial charge in [0.05, 0.1) is 18.5 Å². The van der Waals surface area contributed by atoms with Crippen molar-refractivity contribution in [1.82, 2.24) is 29.8 Å². The van der Waals surface area contributed by atoms with Crippen molar-refractivity contribution < 1.29 is 13.4 Å². The highest BCUT2D eigenvalue weighted by molar-refractivity contribution is 5.80. The van der Waals surface area contributed by atoms with Gasteiger partial charge in [-0.05, 0) is 42.2 Å². The van der Waals surface area contributed by atoms with Gasteiger partial charge < -0.3 is 4.52 Å². The van der Waals surface area contributed by atoms with Crippen LogP contribution in [0.1, 0.15) is 48.3 Å². The van der Waals surface area contributed by atoms with Crippen molar-refractivity contribution in [3.05, 3.63) is 128 Å². The van der Waals surface area contributed by atoms with Crippen molar-refractivity contribution in [3.8, 4) is 33.9 Å². The largest absolute Gasteiger partial charge is 0.439 e. The molecule has 1 N–H and O–H groups in total. The summed E-state index contributed by atoms with van der Waals surface area (Å²) in [5, 5.41) is 7.76. The van der Waals surface area contributed by atoms with E-state index in [1.165, 1.54) is 6.07 Å². The van der Waals surface area contributed by atoms with Gasteiger partial charge in [-0.1, -0.05) is 84.3 Å². The minimum atomic E-state index is -0.620. The van der Waals surface area contributed by atoms with Crippen LogP contribution in [0.2, 0.25) is 0 Å². The molecule has 0 unspecified atom stereocenters. The van der Waals surface area contributed by atoms with Gasteiger partial charge in [0, 0.05) is 23.2 Å². The molecule has 3 aromatic heterocycles. The molecule has 44 heavy (non-hydrogen) atoms. The van der Waals surface area contributed by atoms with Gasteiger partial charge in [0.2, 0.25) is 11.7 Å². The molecule has 0 radical (unpaired) electrons. The number of halogens is 1. The Morgan fingerprint density at radius 3 is 2.30 bits per heavy atom. The van der Waals surface area contributed by atoms with Gasteiger partial charge in [-0.25, -0.2) is 14.2 Å². The van der Waals surface area contributed by atoms with E-state index >= 15 is 0 Å². The first kappa shape index (κ1) is 28.7. The van der Waals surface area contributed by atoms with Gasteiger partial charge in [-0.15, -0.1) is 0 Å². The van der Waals surface area contributed by atoms with E-state index in [4.69, 9.17) is 14.0 Å². The number of hydrogen-bond acceptors (Lipinski definition) is 8. The summed E-state index contributed by atoms with van der Waals surface area (Å²) < 4.78 is 26.1. The summed E-state index contributed by atoms with van der Waals surface area (Å²) in [5.74, 6) is 0.310. The third-order valence-electron chi connectivity index (χ3n) is 7.44. The molecule has 0 saturated carbocycles. The number of hydrogen-bond donors (Lipinski definition) is 1. The number of unbranched alkanes of at least 4 members (excludes halogenated alkanes) is 1. The zero-order valence-electron chi connectivity index (χ0n) is 24.2. The van der Waals surface area contributed by atoms with Gasteiger partial charge in [0.15, 0.2) is 5.82 Å². The Labute approximate surface area is 251 Å². The summed E-state index contributed by atoms with van der Waals surface area (Å²) in [7, 11) is 0. The third-order valence-corrected chi connectivity index (χ3v) is 7.44. The van der Waals surface area contributed by atoms with Crippen LogP contribution >= 0.6 is 0 Å². The fraction of sp³-hybridized carbons (Fsp3) is 0.212. The number of aromatic nitrogens is 6. The van der Waals surface area contributed by atoms with Gasteiger partial charge >= 0.3 is 5.76 Å². The number of benzene rings is 3. The number of aryl methyl sites for hydroxylation is 2. The van der Waals surface area contributed by atoms with Crippen LogP contribution in [0.3, 0.4) is 0 Å². The summed E-state index contributed by atoms with van der Waals surface area (Å²) in [6.07, 6.45) is 2.59. The second-order valence-corrected chi connectivity index (χ2v) is 10.4. The third kappa shape index (κ3) is 5.89. The van der Waals surface area contributed by atoms with Crippen LogP contribution in [0, 0.1) is 12.7 Å². The predicted molar refractivity (Wildman–Crippen MR) is 161 cm³/mol. The summed E-state index contributed by atoms with van der Waals surface area (Å²) in [6.45, 7) is 4.22. The molecule has 222 valence electrons. The molecular weight excluding hydrogens is 563 g/mol. The number of nitrogens with zero attached hydrogens (tertiary/aromatic N) is 5. The van der Waals surface area contributed by atoms with Gasteiger partial charge in [-0.2, -0.15) is 4.98 Å². The van der Waals surface area contributed by atoms with E-state index < -0.39 is 11.6 Å². The normalized spacial score (nSPS) is 11.2. The Kier molecular flexibility index (Phi) is 8.09. The lowest BCUT2D eigenvalue weighted by molar-refractivity contribution is 0.384. The first-order valence-electron chi connectivity index (χ1n) is 14.3. The summed E-state index contributed by atoms with van der Waals surface area (Å²) in [4.78, 5) is 37.2. The average molecular weight is 593 g/mol. The molecule has 6 aromatic rings. The lowest BCUT2D eigenvalue weighted by Gasteiger charge is -2.16. The molecular formula is C33H29FN6O4. The van der Waals surface area contributed by atoms with E-state index in [9.17, 15) is 14.0 Å². The predicted octanol–water partition coefficient (Wildman–Crippen LogP) is 5.73. The zero-order chi connectivity index (χ0) is 30.6. The topological polar surface area (TPSA) is 133 Å². The van der Waals surface area contributed by atoms with E-state index in [0.717, 1.165) is 35.1 Å². The molecule has 0 aliphatic rings. The van der Waals surface area contributed by atoms with Gasteiger partial charge in [0.1, 0.15) is 11.6 Å². The maximum absolute atomic E-state index is 14.3. The van der Waals surface area contributed by atoms with Crippen molar-refractivity contribution in [2.45, 2.75) is 46.1 Å². The quantitative estimate of drug-likeness (QED) is 0.213. The highest BCUT2D eigenvalue weighted by Gasteiger charge is 2.19. The van der Waals surface area contributed by atoms with Crippen LogP contribution < -0.4 is 11.3 Å². The summed E-state index contributed by atoms with van der Waals surface area (Å²) in [6, 6.07) is 21.6. The van der Waals surface area contributed by atoms with Crippen LogP contribution in [-0.4, -0.2) is 29.8 Å². The molecule has 0 spiro atoms. The van der Waals surface area contributed by atoms with Crippen LogP contribution in [0.15, 0.2) is 91.4 Å². The lowest BCUT2D eigenvalue weighted by Crippen LogP contribution is -2.30. The molecule has 11 heteroatoms. The monoisotopic (exact) mass is 592 g/mol. The number of rotatable bonds is 10. The molecule has 10 nitrogen and oxygen atoms in total. The minimum absolute atomic E-state index is 0.0764. The fourth-order valence-electron chi connectivity index (χ4n) is 5.14. The summed E-state index contributed by atoms with van der Waals surface area (Å²) in [5.41, 5.74) is 4.52. The van der Waals surface area contributed by atoms with Crippen molar-refractivity contribution in [3.63, 3.8) is 0 Å². The van der Waals surface area contributed by atoms with Crippen LogP contribution in [0.25, 0.3) is 33.9 Å². The number of H-pyrrole nitrogens is 1. The Balaban J connectivity index is 1.30. The molecule has 0 aliphatic carbocycles. The van der Waals surface area contributed by atoms with Gasteiger partial charge in [-0.3, -0.25) is 18.9 Å². The lowest BCUT2D eigenvalue weighted by atomic mass is 9.98. The Hall–Kier alpha value is -5.45. The molecule has 3 heterocycles. The van der Waals surface area contributed by atoms with Crippen molar-refractivity contribution in [2.75, 3.05) is 0 Å². The minimum Gasteiger partial charge on any atom is -0.339 e. The summed E-state index contributed by atoms with van der Waals surface area (Å²) >= 11 is 0. The highest BCUT2D eigenvalue weighted by atomic mass is 19.1. The molecule has 0 amide bonds. The van der Waals surface area contributed by atoms with Crippen LogP contribution in [0.5, 0.6) is 0 Å². The second kappa shape index (κ2) is 12.4. The van der Waals surface area contributed by atoms with Crippen LogP contribution in [-0.2, 0) is 19.4 Å². The van der Waals surface area contributed by atoms with E-state index in [2.05, 4.69) is 27.2 Å². The van der Waals surface area contributed by atoms with Crippen molar-refractivity contribution in [1.29, 1.82) is 0 Å². The molecule has 0 atom stereocenters. The van der Waals surface area contributed by atoms with Crippen LogP contribution in [0.4, 0.5) is 4.39 Å². The van der Waals surface area contributed by atoms with E-state index in [1.54, 1.807) is 29.7 Å². The Bertz CT molecular complexity index is 2040. The Morgan fingerprint density at radius 2 is 1.59 bits per heavy atom. The number of nitrogens with one attached hydrogen (secondary N) is 1. The molecule has 0 fully saturated rings. The molecule has 0 aliphatic heterocycles. The molecule has 3 aromatic carbocycles. The average Bonchev–Trinajstić information content (AvgIpc) is 3.69. The van der Waals surface area contributed by atoms with Crippen molar-refractivity contribution >= 4 is 0 Å². The smallest absolute Gasteiger partial charge is 0.339 e. The molecule has 0 bridgehead atoms. The van der Waals surface area contributed by atoms with E-state index in [0.29, 0.717) is 35.9 Å². The maximum atomic E-state index is 14.3.